The van der Waals surface area contributed by atoms with Crippen LogP contribution in [0.3, 0.4) is 0 Å². The number of nitrogens with two attached hydrogens (primary N) is 1. The van der Waals surface area contributed by atoms with Gasteiger partial charge in [0.05, 0.1) is 0 Å². The molecular weight excluding hydrogens is 262 g/mol. The number of nitrogens with one attached hydrogen (secondary N) is 2. The summed E-state index contributed by atoms with van der Waals surface area (Å²) in [6.07, 6.45) is 4.97. The summed E-state index contributed by atoms with van der Waals surface area (Å²) in [6, 6.07) is 8.42. The Bertz CT molecular complexity index is 456. The quantitative estimate of drug-likeness (QED) is 0.779. The highest BCUT2D eigenvalue weighted by atomic mass is 16.1. The van der Waals surface area contributed by atoms with Crippen LogP contribution in [-0.2, 0) is 4.79 Å². The van der Waals surface area contributed by atoms with Crippen molar-refractivity contribution in [1.29, 1.82) is 0 Å². The molecule has 0 heterocycles. The van der Waals surface area contributed by atoms with Crippen molar-refractivity contribution in [2.45, 2.75) is 45.6 Å². The van der Waals surface area contributed by atoms with Crippen molar-refractivity contribution in [3.8, 4) is 0 Å². The molecule has 1 aromatic carbocycles. The highest BCUT2D eigenvalue weighted by molar-refractivity contribution is 5.92. The fourth-order valence-electron chi connectivity index (χ4n) is 2.83. The van der Waals surface area contributed by atoms with Gasteiger partial charge >= 0.3 is 0 Å². The second-order valence-electron chi connectivity index (χ2n) is 6.25. The molecule has 0 aliphatic heterocycles. The molecule has 1 saturated carbocycles. The lowest BCUT2D eigenvalue weighted by Crippen LogP contribution is -2.36. The SMILES string of the molecule is CC(C)C(=O)Nc1ccc(NC2CCCCC2CN)cc1. The molecule has 21 heavy (non-hydrogen) atoms. The van der Waals surface area contributed by atoms with E-state index in [1.165, 1.54) is 25.7 Å². The smallest absolute Gasteiger partial charge is 0.226 e. The number of rotatable bonds is 5. The molecule has 2 unspecified atom stereocenters. The van der Waals surface area contributed by atoms with Gasteiger partial charge < -0.3 is 16.4 Å². The lowest BCUT2D eigenvalue weighted by molar-refractivity contribution is -0.118. The van der Waals surface area contributed by atoms with Crippen LogP contribution in [0, 0.1) is 11.8 Å². The predicted octanol–water partition coefficient (Wildman–Crippen LogP) is 3.21. The van der Waals surface area contributed by atoms with Gasteiger partial charge in [0.25, 0.3) is 0 Å². The minimum atomic E-state index is -0.00430. The van der Waals surface area contributed by atoms with Crippen LogP contribution < -0.4 is 16.4 Å². The molecule has 1 aliphatic rings. The number of carbonyl (C=O) groups excluding carboxylic acids is 1. The van der Waals surface area contributed by atoms with Crippen molar-refractivity contribution in [3.05, 3.63) is 24.3 Å². The molecule has 0 saturated heterocycles. The Kier molecular flexibility index (Phi) is 5.62. The molecule has 2 atom stereocenters. The van der Waals surface area contributed by atoms with Gasteiger partial charge in [0.1, 0.15) is 0 Å². The van der Waals surface area contributed by atoms with Gasteiger partial charge in [-0.2, -0.15) is 0 Å². The normalized spacial score (nSPS) is 22.1. The summed E-state index contributed by atoms with van der Waals surface area (Å²) in [4.78, 5) is 11.7. The maximum Gasteiger partial charge on any atom is 0.226 e. The van der Waals surface area contributed by atoms with Gasteiger partial charge in [-0.25, -0.2) is 0 Å². The van der Waals surface area contributed by atoms with Gasteiger partial charge in [-0.05, 0) is 49.6 Å². The molecule has 1 aromatic rings. The summed E-state index contributed by atoms with van der Waals surface area (Å²) < 4.78 is 0. The first-order valence-electron chi connectivity index (χ1n) is 7.97. The van der Waals surface area contributed by atoms with Crippen LogP contribution in [-0.4, -0.2) is 18.5 Å². The van der Waals surface area contributed by atoms with E-state index in [0.29, 0.717) is 12.0 Å². The van der Waals surface area contributed by atoms with E-state index in [2.05, 4.69) is 10.6 Å². The molecule has 0 aromatic heterocycles. The molecule has 1 aliphatic carbocycles. The van der Waals surface area contributed by atoms with Crippen molar-refractivity contribution >= 4 is 17.3 Å². The zero-order valence-corrected chi connectivity index (χ0v) is 13.1. The highest BCUT2D eigenvalue weighted by Crippen LogP contribution is 2.27. The summed E-state index contributed by atoms with van der Waals surface area (Å²) in [5.74, 6) is 0.612. The van der Waals surface area contributed by atoms with Crippen LogP contribution in [0.4, 0.5) is 11.4 Å². The number of hydrogen-bond donors (Lipinski definition) is 3. The first kappa shape index (κ1) is 15.8. The van der Waals surface area contributed by atoms with Gasteiger partial charge in [-0.1, -0.05) is 26.7 Å². The van der Waals surface area contributed by atoms with Crippen molar-refractivity contribution in [1.82, 2.24) is 0 Å². The minimum absolute atomic E-state index is 0.00430. The van der Waals surface area contributed by atoms with E-state index >= 15 is 0 Å². The number of anilines is 2. The van der Waals surface area contributed by atoms with E-state index in [9.17, 15) is 4.79 Å². The lowest BCUT2D eigenvalue weighted by Gasteiger charge is -2.32. The average Bonchev–Trinajstić information content (AvgIpc) is 2.49. The Morgan fingerprint density at radius 2 is 1.81 bits per heavy atom. The molecule has 4 nitrogen and oxygen atoms in total. The molecule has 0 spiro atoms. The van der Waals surface area contributed by atoms with E-state index in [4.69, 9.17) is 5.73 Å². The van der Waals surface area contributed by atoms with Crippen LogP contribution in [0.25, 0.3) is 0 Å². The van der Waals surface area contributed by atoms with Crippen LogP contribution in [0.5, 0.6) is 0 Å². The number of benzene rings is 1. The summed E-state index contributed by atoms with van der Waals surface area (Å²) in [5.41, 5.74) is 7.81. The zero-order valence-electron chi connectivity index (χ0n) is 13.1. The Balaban J connectivity index is 1.94. The third-order valence-corrected chi connectivity index (χ3v) is 4.24. The zero-order chi connectivity index (χ0) is 15.2. The summed E-state index contributed by atoms with van der Waals surface area (Å²) in [5, 5.41) is 6.50. The van der Waals surface area contributed by atoms with Gasteiger partial charge in [0.15, 0.2) is 0 Å². The van der Waals surface area contributed by atoms with Gasteiger partial charge in [-0.15, -0.1) is 0 Å². The van der Waals surface area contributed by atoms with Gasteiger partial charge in [-0.3, -0.25) is 4.79 Å². The monoisotopic (exact) mass is 289 g/mol. The minimum Gasteiger partial charge on any atom is -0.382 e. The number of amides is 1. The first-order valence-corrected chi connectivity index (χ1v) is 7.97. The third-order valence-electron chi connectivity index (χ3n) is 4.24. The molecule has 0 bridgehead atoms. The van der Waals surface area contributed by atoms with E-state index in [-0.39, 0.29) is 11.8 Å². The number of carbonyl (C=O) groups is 1. The topological polar surface area (TPSA) is 67.2 Å². The Morgan fingerprint density at radius 3 is 2.43 bits per heavy atom. The molecule has 116 valence electrons. The maximum absolute atomic E-state index is 11.7. The van der Waals surface area contributed by atoms with Gasteiger partial charge in [0.2, 0.25) is 5.91 Å². The van der Waals surface area contributed by atoms with E-state index in [0.717, 1.165) is 17.9 Å². The highest BCUT2D eigenvalue weighted by Gasteiger charge is 2.23. The standard InChI is InChI=1S/C17H27N3O/c1-12(2)17(21)20-15-9-7-14(8-10-15)19-16-6-4-3-5-13(16)11-18/h7-10,12-13,16,19H,3-6,11,18H2,1-2H3,(H,20,21). The van der Waals surface area contributed by atoms with Crippen LogP contribution in [0.1, 0.15) is 39.5 Å². The van der Waals surface area contributed by atoms with Crippen LogP contribution in [0.15, 0.2) is 24.3 Å². The van der Waals surface area contributed by atoms with Gasteiger partial charge in [0, 0.05) is 23.3 Å². The van der Waals surface area contributed by atoms with Crippen molar-refractivity contribution in [2.24, 2.45) is 17.6 Å². The van der Waals surface area contributed by atoms with E-state index in [1.807, 2.05) is 38.1 Å². The fourth-order valence-corrected chi connectivity index (χ4v) is 2.83. The second kappa shape index (κ2) is 7.46. The van der Waals surface area contributed by atoms with Crippen molar-refractivity contribution in [3.63, 3.8) is 0 Å². The predicted molar refractivity (Wildman–Crippen MR) is 88.3 cm³/mol. The first-order chi connectivity index (χ1) is 10.1. The molecule has 4 N–H and O–H groups in total. The third kappa shape index (κ3) is 4.46. The van der Waals surface area contributed by atoms with Crippen molar-refractivity contribution in [2.75, 3.05) is 17.2 Å². The fraction of sp³-hybridized carbons (Fsp3) is 0.588. The Morgan fingerprint density at radius 1 is 1.19 bits per heavy atom. The average molecular weight is 289 g/mol. The molecule has 0 radical (unpaired) electrons. The summed E-state index contributed by atoms with van der Waals surface area (Å²) >= 11 is 0. The summed E-state index contributed by atoms with van der Waals surface area (Å²) in [6.45, 7) is 4.53. The largest absolute Gasteiger partial charge is 0.382 e. The summed E-state index contributed by atoms with van der Waals surface area (Å²) in [7, 11) is 0. The maximum atomic E-state index is 11.7. The van der Waals surface area contributed by atoms with Crippen LogP contribution >= 0.6 is 0 Å². The Labute approximate surface area is 127 Å². The Hall–Kier alpha value is -1.55. The molecule has 2 rings (SSSR count). The lowest BCUT2D eigenvalue weighted by atomic mass is 9.84. The molecule has 4 heteroatoms. The van der Waals surface area contributed by atoms with E-state index in [1.54, 1.807) is 0 Å². The number of hydrogen-bond acceptors (Lipinski definition) is 3. The van der Waals surface area contributed by atoms with E-state index < -0.39 is 0 Å². The molecule has 1 amide bonds. The molecular formula is C17H27N3O. The van der Waals surface area contributed by atoms with Crippen molar-refractivity contribution < 1.29 is 4.79 Å². The van der Waals surface area contributed by atoms with Crippen LogP contribution in [0.2, 0.25) is 0 Å². The second-order valence-corrected chi connectivity index (χ2v) is 6.25. The molecule has 1 fully saturated rings.